The number of allylic oxidation sites excluding steroid dienone is 1. The van der Waals surface area contributed by atoms with Gasteiger partial charge in [-0.2, -0.15) is 4.98 Å². The van der Waals surface area contributed by atoms with Crippen molar-refractivity contribution in [3.63, 3.8) is 0 Å². The smallest absolute Gasteiger partial charge is 0.339 e. The van der Waals surface area contributed by atoms with Crippen LogP contribution in [0.15, 0.2) is 72.4 Å². The third-order valence-corrected chi connectivity index (χ3v) is 13.5. The number of esters is 1. The van der Waals surface area contributed by atoms with Crippen molar-refractivity contribution in [3.8, 4) is 5.88 Å². The SMILES string of the molecule is COC(=O)c1ccccc1N1CC(OC)C(N2CCN(CC3=C(c4ccc(Cl)cc4)CC(C)(C)CC3)CC2)Oc2nc3c(ccn3COCC[Si](C)(C)C)cc21. The molecule has 1 aliphatic carbocycles. The van der Waals surface area contributed by atoms with E-state index in [2.05, 4.69) is 72.5 Å². The number of hydrogen-bond acceptors (Lipinski definition) is 9. The van der Waals surface area contributed by atoms with Crippen LogP contribution in [0.25, 0.3) is 16.6 Å². The van der Waals surface area contributed by atoms with Gasteiger partial charge in [-0.3, -0.25) is 9.80 Å². The highest BCUT2D eigenvalue weighted by Gasteiger charge is 2.39. The molecular formula is C44H58ClN5O5Si. The highest BCUT2D eigenvalue weighted by molar-refractivity contribution is 6.76. The van der Waals surface area contributed by atoms with Crippen molar-refractivity contribution in [2.24, 2.45) is 5.41 Å². The van der Waals surface area contributed by atoms with Crippen molar-refractivity contribution in [1.82, 2.24) is 19.4 Å². The van der Waals surface area contributed by atoms with Gasteiger partial charge in [-0.15, -0.1) is 0 Å². The number of hydrogen-bond donors (Lipinski definition) is 0. The number of piperazine rings is 1. The van der Waals surface area contributed by atoms with Crippen LogP contribution >= 0.6 is 11.6 Å². The van der Waals surface area contributed by atoms with Crippen LogP contribution in [0, 0.1) is 5.41 Å². The van der Waals surface area contributed by atoms with Crippen LogP contribution in [0.2, 0.25) is 30.7 Å². The summed E-state index contributed by atoms with van der Waals surface area (Å²) in [7, 11) is 1.93. The molecule has 1 saturated heterocycles. The number of pyridine rings is 1. The second-order valence-corrected chi connectivity index (χ2v) is 23.6. The quantitative estimate of drug-likeness (QED) is 0.0793. The predicted octanol–water partition coefficient (Wildman–Crippen LogP) is 8.94. The molecule has 2 aliphatic heterocycles. The summed E-state index contributed by atoms with van der Waals surface area (Å²) in [6.07, 6.45) is 4.62. The van der Waals surface area contributed by atoms with Crippen molar-refractivity contribution in [1.29, 1.82) is 0 Å². The van der Waals surface area contributed by atoms with Crippen molar-refractivity contribution in [2.75, 3.05) is 65.0 Å². The molecular weight excluding hydrogens is 742 g/mol. The standard InChI is InChI=1S/C44H58ClN5O5Si/c1-44(2)18-16-33(36(27-44)31-12-14-34(45)15-13-31)28-47-20-22-48(23-21-47)42-39(52-3)29-50(37-11-9-8-10-35(37)43(51)53-4)38-26-32-17-19-49(40(32)46-41(38)55-42)30-54-24-25-56(5,6)7/h8-15,17,19,26,39,42H,16,18,20-25,27-30H2,1-7H3. The third kappa shape index (κ3) is 9.19. The molecule has 4 heterocycles. The molecule has 0 bridgehead atoms. The lowest BCUT2D eigenvalue weighted by Gasteiger charge is -2.42. The van der Waals surface area contributed by atoms with Crippen LogP contribution in [0.1, 0.15) is 49.0 Å². The normalized spacial score (nSPS) is 20.8. The van der Waals surface area contributed by atoms with E-state index in [1.165, 1.54) is 30.2 Å². The molecule has 2 aromatic carbocycles. The van der Waals surface area contributed by atoms with Crippen molar-refractivity contribution < 1.29 is 23.7 Å². The largest absolute Gasteiger partial charge is 0.465 e. The van der Waals surface area contributed by atoms with E-state index in [9.17, 15) is 4.79 Å². The van der Waals surface area contributed by atoms with Gasteiger partial charge in [0.15, 0.2) is 6.23 Å². The van der Waals surface area contributed by atoms with E-state index in [4.69, 9.17) is 35.5 Å². The second-order valence-electron chi connectivity index (χ2n) is 17.5. The molecule has 56 heavy (non-hydrogen) atoms. The molecule has 0 N–H and O–H groups in total. The minimum Gasteiger partial charge on any atom is -0.465 e. The molecule has 0 radical (unpaired) electrons. The molecule has 10 nitrogen and oxygen atoms in total. The van der Waals surface area contributed by atoms with Crippen LogP contribution < -0.4 is 9.64 Å². The highest BCUT2D eigenvalue weighted by atomic mass is 35.5. The van der Waals surface area contributed by atoms with E-state index in [1.54, 1.807) is 13.2 Å². The molecule has 2 unspecified atom stereocenters. The Morgan fingerprint density at radius 3 is 2.46 bits per heavy atom. The van der Waals surface area contributed by atoms with E-state index < -0.39 is 20.3 Å². The maximum Gasteiger partial charge on any atom is 0.339 e. The monoisotopic (exact) mass is 799 g/mol. The fourth-order valence-corrected chi connectivity index (χ4v) is 9.08. The minimum absolute atomic E-state index is 0.270. The summed E-state index contributed by atoms with van der Waals surface area (Å²) in [4.78, 5) is 25.4. The number of carbonyl (C=O) groups excluding carboxylic acids is 1. The number of benzene rings is 2. The molecule has 7 rings (SSSR count). The summed E-state index contributed by atoms with van der Waals surface area (Å²) in [6, 6.07) is 21.2. The second kappa shape index (κ2) is 17.0. The molecule has 2 atom stereocenters. The Labute approximate surface area is 338 Å². The summed E-state index contributed by atoms with van der Waals surface area (Å²) in [5, 5.41) is 1.73. The van der Waals surface area contributed by atoms with Gasteiger partial charge in [0.1, 0.15) is 24.2 Å². The maximum absolute atomic E-state index is 13.1. The number of rotatable bonds is 12. The first-order valence-electron chi connectivity index (χ1n) is 20.0. The van der Waals surface area contributed by atoms with E-state index >= 15 is 0 Å². The van der Waals surface area contributed by atoms with Gasteiger partial charge in [0.2, 0.25) is 5.88 Å². The average molecular weight is 801 g/mol. The van der Waals surface area contributed by atoms with Crippen molar-refractivity contribution in [3.05, 3.63) is 88.6 Å². The topological polar surface area (TPSA) is 81.5 Å². The Bertz CT molecular complexity index is 2040. The molecule has 0 amide bonds. The molecule has 1 fully saturated rings. The van der Waals surface area contributed by atoms with Gasteiger partial charge >= 0.3 is 5.97 Å². The summed E-state index contributed by atoms with van der Waals surface area (Å²) in [5.41, 5.74) is 7.31. The van der Waals surface area contributed by atoms with Gasteiger partial charge in [-0.25, -0.2) is 4.79 Å². The lowest BCUT2D eigenvalue weighted by Crippen LogP contribution is -2.57. The van der Waals surface area contributed by atoms with Crippen molar-refractivity contribution in [2.45, 2.75) is 77.9 Å². The van der Waals surface area contributed by atoms with Gasteiger partial charge < -0.3 is 28.4 Å². The Morgan fingerprint density at radius 1 is 1.00 bits per heavy atom. The minimum atomic E-state index is -1.22. The molecule has 12 heteroatoms. The van der Waals surface area contributed by atoms with Gasteiger partial charge in [0.25, 0.3) is 0 Å². The first-order valence-corrected chi connectivity index (χ1v) is 24.1. The first kappa shape index (κ1) is 40.5. The number of methoxy groups -OCH3 is 2. The molecule has 300 valence electrons. The van der Waals surface area contributed by atoms with Crippen LogP contribution in [0.5, 0.6) is 5.88 Å². The molecule has 0 saturated carbocycles. The number of fused-ring (bicyclic) bond motifs is 2. The zero-order valence-corrected chi connectivity index (χ0v) is 35.9. The number of nitrogens with zero attached hydrogens (tertiary/aromatic N) is 5. The first-order chi connectivity index (χ1) is 26.8. The Morgan fingerprint density at radius 2 is 1.75 bits per heavy atom. The number of carbonyl (C=O) groups is 1. The maximum atomic E-state index is 13.1. The predicted molar refractivity (Wildman–Crippen MR) is 228 cm³/mol. The highest BCUT2D eigenvalue weighted by Crippen LogP contribution is 2.44. The fourth-order valence-electron chi connectivity index (χ4n) is 8.20. The lowest BCUT2D eigenvalue weighted by atomic mass is 9.72. The van der Waals surface area contributed by atoms with Crippen LogP contribution in [0.4, 0.5) is 11.4 Å². The molecule has 2 aromatic heterocycles. The number of halogens is 1. The Balaban J connectivity index is 1.16. The van der Waals surface area contributed by atoms with Crippen LogP contribution in [0.3, 0.4) is 0 Å². The van der Waals surface area contributed by atoms with Crippen molar-refractivity contribution >= 4 is 53.6 Å². The zero-order valence-electron chi connectivity index (χ0n) is 34.1. The van der Waals surface area contributed by atoms with Gasteiger partial charge in [0.05, 0.1) is 24.9 Å². The molecule has 0 spiro atoms. The van der Waals surface area contributed by atoms with Gasteiger partial charge in [0, 0.05) is 71.1 Å². The Hall–Kier alpha value is -3.71. The number of ether oxygens (including phenoxy) is 4. The van der Waals surface area contributed by atoms with E-state index in [0.717, 1.165) is 80.0 Å². The summed E-state index contributed by atoms with van der Waals surface area (Å²) < 4.78 is 26.7. The van der Waals surface area contributed by atoms with Gasteiger partial charge in [-0.05, 0) is 78.3 Å². The summed E-state index contributed by atoms with van der Waals surface area (Å²) in [6.45, 7) is 17.8. The summed E-state index contributed by atoms with van der Waals surface area (Å²) >= 11 is 6.28. The fraction of sp³-hybridized carbons (Fsp3) is 0.500. The van der Waals surface area contributed by atoms with E-state index in [-0.39, 0.29) is 11.5 Å². The van der Waals surface area contributed by atoms with E-state index in [0.29, 0.717) is 30.4 Å². The lowest BCUT2D eigenvalue weighted by molar-refractivity contribution is -0.0893. The number of para-hydroxylation sites is 1. The van der Waals surface area contributed by atoms with Crippen LogP contribution in [-0.2, 0) is 20.9 Å². The zero-order chi connectivity index (χ0) is 39.6. The third-order valence-electron chi connectivity index (χ3n) is 11.6. The Kier molecular flexibility index (Phi) is 12.3. The van der Waals surface area contributed by atoms with Gasteiger partial charge in [-0.1, -0.05) is 74.9 Å². The summed E-state index contributed by atoms with van der Waals surface area (Å²) in [5.74, 6) is 0.0919. The number of anilines is 2. The molecule has 4 aromatic rings. The number of aromatic nitrogens is 2. The van der Waals surface area contributed by atoms with Crippen LogP contribution in [-0.4, -0.2) is 106 Å². The molecule has 3 aliphatic rings. The average Bonchev–Trinajstić information content (AvgIpc) is 3.50. The van der Waals surface area contributed by atoms with E-state index in [1.807, 2.05) is 41.1 Å².